The SMILES string of the molecule is O=C(O)Nc1ccc(S(=O)(=O)c2ccccc2-c2ccccc2)cc1. The van der Waals surface area contributed by atoms with Crippen molar-refractivity contribution in [2.75, 3.05) is 5.32 Å². The third-order valence-corrected chi connectivity index (χ3v) is 5.51. The van der Waals surface area contributed by atoms with E-state index in [4.69, 9.17) is 5.11 Å². The third kappa shape index (κ3) is 3.54. The molecular weight excluding hydrogens is 338 g/mol. The van der Waals surface area contributed by atoms with E-state index in [2.05, 4.69) is 5.32 Å². The Bertz CT molecular complexity index is 997. The van der Waals surface area contributed by atoms with Crippen LogP contribution in [0.5, 0.6) is 0 Å². The highest BCUT2D eigenvalue weighted by Gasteiger charge is 2.21. The summed E-state index contributed by atoms with van der Waals surface area (Å²) >= 11 is 0. The molecule has 0 heterocycles. The van der Waals surface area contributed by atoms with Gasteiger partial charge in [0.1, 0.15) is 0 Å². The number of hydrogen-bond acceptors (Lipinski definition) is 3. The first-order valence-electron chi connectivity index (χ1n) is 7.48. The van der Waals surface area contributed by atoms with Crippen molar-refractivity contribution in [3.05, 3.63) is 78.9 Å². The molecule has 0 atom stereocenters. The van der Waals surface area contributed by atoms with Crippen LogP contribution in [0.15, 0.2) is 88.7 Å². The number of hydrogen-bond donors (Lipinski definition) is 2. The van der Waals surface area contributed by atoms with Crippen molar-refractivity contribution < 1.29 is 18.3 Å². The van der Waals surface area contributed by atoms with Crippen molar-refractivity contribution in [1.82, 2.24) is 0 Å². The van der Waals surface area contributed by atoms with Gasteiger partial charge in [0.15, 0.2) is 0 Å². The van der Waals surface area contributed by atoms with Gasteiger partial charge in [0.25, 0.3) is 0 Å². The minimum atomic E-state index is -3.74. The largest absolute Gasteiger partial charge is 0.465 e. The van der Waals surface area contributed by atoms with E-state index in [0.717, 1.165) is 5.56 Å². The highest BCUT2D eigenvalue weighted by atomic mass is 32.2. The molecule has 126 valence electrons. The Labute approximate surface area is 145 Å². The molecule has 0 unspecified atom stereocenters. The molecule has 0 fully saturated rings. The minimum Gasteiger partial charge on any atom is -0.465 e. The smallest absolute Gasteiger partial charge is 0.409 e. The zero-order chi connectivity index (χ0) is 17.9. The Morgan fingerprint density at radius 2 is 1.40 bits per heavy atom. The zero-order valence-corrected chi connectivity index (χ0v) is 13.9. The lowest BCUT2D eigenvalue weighted by Gasteiger charge is -2.11. The predicted molar refractivity (Wildman–Crippen MR) is 95.4 cm³/mol. The molecule has 3 rings (SSSR count). The summed E-state index contributed by atoms with van der Waals surface area (Å²) in [4.78, 5) is 11.0. The van der Waals surface area contributed by atoms with Gasteiger partial charge >= 0.3 is 6.09 Å². The second kappa shape index (κ2) is 6.78. The number of amides is 1. The molecule has 2 N–H and O–H groups in total. The standard InChI is InChI=1S/C19H15NO4S/c21-19(22)20-15-10-12-16(13-11-15)25(23,24)18-9-5-4-8-17(18)14-6-2-1-3-7-14/h1-13,20H,(H,21,22). The maximum absolute atomic E-state index is 13.0. The summed E-state index contributed by atoms with van der Waals surface area (Å²) in [5.74, 6) is 0. The molecule has 0 aliphatic carbocycles. The predicted octanol–water partition coefficient (Wildman–Crippen LogP) is 4.28. The van der Waals surface area contributed by atoms with Gasteiger partial charge in [-0.3, -0.25) is 5.32 Å². The highest BCUT2D eigenvalue weighted by Crippen LogP contribution is 2.31. The number of anilines is 1. The number of carboxylic acid groups (broad SMARTS) is 1. The van der Waals surface area contributed by atoms with Crippen LogP contribution in [0.4, 0.5) is 10.5 Å². The normalized spacial score (nSPS) is 11.0. The van der Waals surface area contributed by atoms with Crippen molar-refractivity contribution in [3.63, 3.8) is 0 Å². The van der Waals surface area contributed by atoms with Crippen molar-refractivity contribution in [2.24, 2.45) is 0 Å². The maximum atomic E-state index is 13.0. The van der Waals surface area contributed by atoms with E-state index in [9.17, 15) is 13.2 Å². The van der Waals surface area contributed by atoms with Crippen LogP contribution >= 0.6 is 0 Å². The number of rotatable bonds is 4. The Morgan fingerprint density at radius 3 is 2.04 bits per heavy atom. The summed E-state index contributed by atoms with van der Waals surface area (Å²) in [5.41, 5.74) is 1.74. The van der Waals surface area contributed by atoms with Gasteiger partial charge < -0.3 is 5.11 Å². The number of carbonyl (C=O) groups is 1. The van der Waals surface area contributed by atoms with Gasteiger partial charge in [-0.25, -0.2) is 13.2 Å². The fourth-order valence-corrected chi connectivity index (χ4v) is 4.01. The minimum absolute atomic E-state index is 0.104. The molecule has 5 nitrogen and oxygen atoms in total. The lowest BCUT2D eigenvalue weighted by Crippen LogP contribution is -2.08. The average molecular weight is 353 g/mol. The van der Waals surface area contributed by atoms with E-state index >= 15 is 0 Å². The van der Waals surface area contributed by atoms with Crippen molar-refractivity contribution >= 4 is 21.6 Å². The second-order valence-electron chi connectivity index (χ2n) is 5.32. The van der Waals surface area contributed by atoms with E-state index in [1.807, 2.05) is 30.3 Å². The van der Waals surface area contributed by atoms with Crippen LogP contribution in [0.25, 0.3) is 11.1 Å². The van der Waals surface area contributed by atoms with Crippen LogP contribution in [0, 0.1) is 0 Å². The number of benzene rings is 3. The highest BCUT2D eigenvalue weighted by molar-refractivity contribution is 7.91. The summed E-state index contributed by atoms with van der Waals surface area (Å²) in [7, 11) is -3.74. The molecule has 1 amide bonds. The molecule has 0 aliphatic rings. The molecule has 0 radical (unpaired) electrons. The first-order valence-corrected chi connectivity index (χ1v) is 8.96. The first-order chi connectivity index (χ1) is 12.0. The van der Waals surface area contributed by atoms with Gasteiger partial charge in [0, 0.05) is 11.3 Å². The fraction of sp³-hybridized carbons (Fsp3) is 0. The van der Waals surface area contributed by atoms with Crippen LogP contribution in [0.1, 0.15) is 0 Å². The van der Waals surface area contributed by atoms with Crippen LogP contribution in [0.2, 0.25) is 0 Å². The number of nitrogens with one attached hydrogen (secondary N) is 1. The molecular formula is C19H15NO4S. The quantitative estimate of drug-likeness (QED) is 0.733. The molecule has 3 aromatic carbocycles. The van der Waals surface area contributed by atoms with Gasteiger partial charge in [0.05, 0.1) is 9.79 Å². The van der Waals surface area contributed by atoms with Crippen molar-refractivity contribution in [2.45, 2.75) is 9.79 Å². The molecule has 0 saturated carbocycles. The van der Waals surface area contributed by atoms with Crippen molar-refractivity contribution in [1.29, 1.82) is 0 Å². The molecule has 6 heteroatoms. The van der Waals surface area contributed by atoms with E-state index in [-0.39, 0.29) is 9.79 Å². The van der Waals surface area contributed by atoms with E-state index in [1.165, 1.54) is 24.3 Å². The van der Waals surface area contributed by atoms with E-state index in [1.54, 1.807) is 24.3 Å². The van der Waals surface area contributed by atoms with Crippen LogP contribution in [-0.4, -0.2) is 19.6 Å². The monoisotopic (exact) mass is 353 g/mol. The Hall–Kier alpha value is -3.12. The lowest BCUT2D eigenvalue weighted by atomic mass is 10.1. The molecule has 0 spiro atoms. The van der Waals surface area contributed by atoms with E-state index in [0.29, 0.717) is 11.3 Å². The fourth-order valence-electron chi connectivity index (χ4n) is 2.53. The lowest BCUT2D eigenvalue weighted by molar-refractivity contribution is 0.209. The van der Waals surface area contributed by atoms with Gasteiger partial charge in [0.2, 0.25) is 9.84 Å². The third-order valence-electron chi connectivity index (χ3n) is 3.68. The first kappa shape index (κ1) is 16.7. The molecule has 0 aromatic heterocycles. The molecule has 0 saturated heterocycles. The molecule has 3 aromatic rings. The average Bonchev–Trinajstić information content (AvgIpc) is 2.62. The van der Waals surface area contributed by atoms with Crippen LogP contribution in [-0.2, 0) is 9.84 Å². The van der Waals surface area contributed by atoms with Gasteiger partial charge in [-0.1, -0.05) is 48.5 Å². The second-order valence-corrected chi connectivity index (χ2v) is 7.24. The summed E-state index contributed by atoms with van der Waals surface area (Å²) in [5, 5.41) is 10.9. The molecule has 0 bridgehead atoms. The van der Waals surface area contributed by atoms with E-state index < -0.39 is 15.9 Å². The van der Waals surface area contributed by atoms with Gasteiger partial charge in [-0.05, 0) is 35.9 Å². The van der Waals surface area contributed by atoms with Gasteiger partial charge in [-0.15, -0.1) is 0 Å². The maximum Gasteiger partial charge on any atom is 0.409 e. The van der Waals surface area contributed by atoms with Gasteiger partial charge in [-0.2, -0.15) is 0 Å². The Morgan fingerprint density at radius 1 is 0.800 bits per heavy atom. The summed E-state index contributed by atoms with van der Waals surface area (Å²) in [6.07, 6.45) is -1.20. The number of sulfone groups is 1. The molecule has 25 heavy (non-hydrogen) atoms. The Balaban J connectivity index is 2.05. The summed E-state index contributed by atoms with van der Waals surface area (Å²) < 4.78 is 26.0. The van der Waals surface area contributed by atoms with Crippen LogP contribution < -0.4 is 5.32 Å². The van der Waals surface area contributed by atoms with Crippen molar-refractivity contribution in [3.8, 4) is 11.1 Å². The summed E-state index contributed by atoms with van der Waals surface area (Å²) in [6, 6.07) is 21.7. The molecule has 0 aliphatic heterocycles. The van der Waals surface area contributed by atoms with Crippen LogP contribution in [0.3, 0.4) is 0 Å². The summed E-state index contributed by atoms with van der Waals surface area (Å²) in [6.45, 7) is 0. The topological polar surface area (TPSA) is 83.5 Å². The zero-order valence-electron chi connectivity index (χ0n) is 13.1. The Kier molecular flexibility index (Phi) is 4.54.